The third kappa shape index (κ3) is 4.38. The normalized spacial score (nSPS) is 14.9. The van der Waals surface area contributed by atoms with Crippen LogP contribution in [0.1, 0.15) is 20.3 Å². The molecule has 0 amide bonds. The Morgan fingerprint density at radius 1 is 1.62 bits per heavy atom. The summed E-state index contributed by atoms with van der Waals surface area (Å²) in [6, 6.07) is 0. The van der Waals surface area contributed by atoms with Gasteiger partial charge in [-0.1, -0.05) is 35.0 Å². The smallest absolute Gasteiger partial charge is 0.00368 e. The fourth-order valence-electron chi connectivity index (χ4n) is 0.597. The molecule has 0 aliphatic heterocycles. The lowest BCUT2D eigenvalue weighted by Gasteiger charge is -1.98. The van der Waals surface area contributed by atoms with Gasteiger partial charge in [-0.3, -0.25) is 0 Å². The summed E-state index contributed by atoms with van der Waals surface area (Å²) in [7, 11) is 0. The lowest BCUT2D eigenvalue weighted by Crippen LogP contribution is -1.88. The first-order chi connectivity index (χ1) is 3.81. The molecule has 0 nitrogen and oxygen atoms in total. The van der Waals surface area contributed by atoms with Crippen molar-refractivity contribution in [2.45, 2.75) is 20.3 Å². The van der Waals surface area contributed by atoms with Crippen LogP contribution in [0, 0.1) is 5.92 Å². The first-order valence-electron chi connectivity index (χ1n) is 3.00. The fourth-order valence-corrected chi connectivity index (χ4v) is 1.32. The van der Waals surface area contributed by atoms with Gasteiger partial charge in [0.05, 0.1) is 0 Å². The summed E-state index contributed by atoms with van der Waals surface area (Å²) in [5, 5.41) is 1.11. The predicted octanol–water partition coefficient (Wildman–Crippen LogP) is 2.98. The Labute approximate surface area is 60.1 Å². The summed E-state index contributed by atoms with van der Waals surface area (Å²) in [5.74, 6) is 0.736. The van der Waals surface area contributed by atoms with E-state index in [9.17, 15) is 0 Å². The van der Waals surface area contributed by atoms with E-state index < -0.39 is 0 Å². The highest BCUT2D eigenvalue weighted by molar-refractivity contribution is 9.09. The molecule has 0 aromatic rings. The largest absolute Gasteiger partial charge is 0.0928 e. The highest BCUT2D eigenvalue weighted by atomic mass is 79.9. The SMILES string of the molecule is C/C=C/C(C)CCBr. The molecule has 0 bridgehead atoms. The molecule has 0 saturated carbocycles. The topological polar surface area (TPSA) is 0 Å². The zero-order valence-electron chi connectivity index (χ0n) is 5.52. The van der Waals surface area contributed by atoms with Gasteiger partial charge in [-0.25, -0.2) is 0 Å². The van der Waals surface area contributed by atoms with Gasteiger partial charge in [-0.2, -0.15) is 0 Å². The van der Waals surface area contributed by atoms with Gasteiger partial charge < -0.3 is 0 Å². The standard InChI is InChI=1S/C7H13Br/c1-3-4-7(2)5-6-8/h3-4,7H,5-6H2,1-2H3/b4-3+. The third-order valence-corrected chi connectivity index (χ3v) is 1.54. The Kier molecular flexibility index (Phi) is 5.51. The number of hydrogen-bond donors (Lipinski definition) is 0. The summed E-state index contributed by atoms with van der Waals surface area (Å²) in [6.45, 7) is 4.28. The van der Waals surface area contributed by atoms with Crippen molar-refractivity contribution in [1.82, 2.24) is 0 Å². The molecule has 1 heteroatoms. The van der Waals surface area contributed by atoms with Crippen LogP contribution in [0.25, 0.3) is 0 Å². The Balaban J connectivity index is 3.17. The van der Waals surface area contributed by atoms with Crippen LogP contribution in [0.2, 0.25) is 0 Å². The molecule has 8 heavy (non-hydrogen) atoms. The molecule has 0 saturated heterocycles. The van der Waals surface area contributed by atoms with Gasteiger partial charge in [0, 0.05) is 5.33 Å². The second-order valence-corrected chi connectivity index (χ2v) is 2.77. The second kappa shape index (κ2) is 5.36. The van der Waals surface area contributed by atoms with E-state index in [-0.39, 0.29) is 0 Å². The Hall–Kier alpha value is 0.220. The van der Waals surface area contributed by atoms with Crippen LogP contribution in [0.3, 0.4) is 0 Å². The van der Waals surface area contributed by atoms with Crippen LogP contribution < -0.4 is 0 Å². The third-order valence-electron chi connectivity index (χ3n) is 1.09. The molecule has 0 heterocycles. The van der Waals surface area contributed by atoms with E-state index in [0.29, 0.717) is 0 Å². The molecule has 0 aromatic heterocycles. The molecule has 0 spiro atoms. The molecule has 0 aliphatic carbocycles. The van der Waals surface area contributed by atoms with Crippen molar-refractivity contribution in [3.05, 3.63) is 12.2 Å². The molecule has 0 N–H and O–H groups in total. The van der Waals surface area contributed by atoms with E-state index in [4.69, 9.17) is 0 Å². The maximum atomic E-state index is 3.39. The predicted molar refractivity (Wildman–Crippen MR) is 42.4 cm³/mol. The number of alkyl halides is 1. The zero-order chi connectivity index (χ0) is 6.41. The van der Waals surface area contributed by atoms with Crippen molar-refractivity contribution < 1.29 is 0 Å². The lowest BCUT2D eigenvalue weighted by atomic mass is 10.1. The van der Waals surface area contributed by atoms with E-state index in [1.54, 1.807) is 0 Å². The first-order valence-corrected chi connectivity index (χ1v) is 4.12. The van der Waals surface area contributed by atoms with Gasteiger partial charge >= 0.3 is 0 Å². The molecule has 0 aliphatic rings. The minimum atomic E-state index is 0.736. The monoisotopic (exact) mass is 176 g/mol. The number of hydrogen-bond acceptors (Lipinski definition) is 0. The van der Waals surface area contributed by atoms with Crippen molar-refractivity contribution in [2.24, 2.45) is 5.92 Å². The summed E-state index contributed by atoms with van der Waals surface area (Å²) in [6.07, 6.45) is 5.57. The summed E-state index contributed by atoms with van der Waals surface area (Å²) >= 11 is 3.39. The van der Waals surface area contributed by atoms with E-state index in [2.05, 4.69) is 41.9 Å². The van der Waals surface area contributed by atoms with Gasteiger partial charge in [0.2, 0.25) is 0 Å². The van der Waals surface area contributed by atoms with Gasteiger partial charge in [-0.15, -0.1) is 0 Å². The molecule has 1 atom stereocenters. The second-order valence-electron chi connectivity index (χ2n) is 1.98. The van der Waals surface area contributed by atoms with E-state index in [0.717, 1.165) is 11.2 Å². The highest BCUT2D eigenvalue weighted by Gasteiger charge is 1.91. The summed E-state index contributed by atoms with van der Waals surface area (Å²) < 4.78 is 0. The van der Waals surface area contributed by atoms with Gasteiger partial charge in [0.1, 0.15) is 0 Å². The van der Waals surface area contributed by atoms with Crippen molar-refractivity contribution in [1.29, 1.82) is 0 Å². The zero-order valence-corrected chi connectivity index (χ0v) is 7.11. The van der Waals surface area contributed by atoms with Crippen LogP contribution in [0.5, 0.6) is 0 Å². The maximum absolute atomic E-state index is 3.39. The molecular formula is C7H13Br. The average Bonchev–Trinajstić information content (AvgIpc) is 1.68. The maximum Gasteiger partial charge on any atom is 0.00368 e. The molecular weight excluding hydrogens is 164 g/mol. The van der Waals surface area contributed by atoms with E-state index in [1.807, 2.05) is 0 Å². The number of rotatable bonds is 3. The molecule has 0 rings (SSSR count). The molecule has 48 valence electrons. The van der Waals surface area contributed by atoms with E-state index >= 15 is 0 Å². The highest BCUT2D eigenvalue weighted by Crippen LogP contribution is 2.04. The van der Waals surface area contributed by atoms with Gasteiger partial charge in [0.15, 0.2) is 0 Å². The summed E-state index contributed by atoms with van der Waals surface area (Å²) in [5.41, 5.74) is 0. The van der Waals surface area contributed by atoms with Crippen LogP contribution >= 0.6 is 15.9 Å². The molecule has 1 unspecified atom stereocenters. The van der Waals surface area contributed by atoms with Crippen molar-refractivity contribution in [3.63, 3.8) is 0 Å². The Morgan fingerprint density at radius 2 is 2.25 bits per heavy atom. The number of halogens is 1. The molecule has 0 radical (unpaired) electrons. The van der Waals surface area contributed by atoms with Gasteiger partial charge in [-0.05, 0) is 19.3 Å². The van der Waals surface area contributed by atoms with Crippen LogP contribution in [-0.2, 0) is 0 Å². The first kappa shape index (κ1) is 8.22. The summed E-state index contributed by atoms with van der Waals surface area (Å²) in [4.78, 5) is 0. The molecule has 0 aromatic carbocycles. The minimum absolute atomic E-state index is 0.736. The van der Waals surface area contributed by atoms with Crippen molar-refractivity contribution in [3.8, 4) is 0 Å². The number of allylic oxidation sites excluding steroid dienone is 2. The minimum Gasteiger partial charge on any atom is -0.0928 e. The van der Waals surface area contributed by atoms with Gasteiger partial charge in [0.25, 0.3) is 0 Å². The van der Waals surface area contributed by atoms with Crippen molar-refractivity contribution in [2.75, 3.05) is 5.33 Å². The van der Waals surface area contributed by atoms with Crippen LogP contribution in [0.15, 0.2) is 12.2 Å². The van der Waals surface area contributed by atoms with Crippen LogP contribution in [-0.4, -0.2) is 5.33 Å². The quantitative estimate of drug-likeness (QED) is 0.459. The lowest BCUT2D eigenvalue weighted by molar-refractivity contribution is 0.707. The Bertz CT molecular complexity index is 66.8. The van der Waals surface area contributed by atoms with Crippen LogP contribution in [0.4, 0.5) is 0 Å². The Morgan fingerprint density at radius 3 is 2.62 bits per heavy atom. The van der Waals surface area contributed by atoms with E-state index in [1.165, 1.54) is 6.42 Å². The molecule has 0 fully saturated rings. The average molecular weight is 177 g/mol. The van der Waals surface area contributed by atoms with Crippen molar-refractivity contribution >= 4 is 15.9 Å². The fraction of sp³-hybridized carbons (Fsp3) is 0.714.